The van der Waals surface area contributed by atoms with Crippen LogP contribution in [0.5, 0.6) is 0 Å². The lowest BCUT2D eigenvalue weighted by Gasteiger charge is -2.00. The topological polar surface area (TPSA) is 50.4 Å². The van der Waals surface area contributed by atoms with Gasteiger partial charge in [0.15, 0.2) is 0 Å². The third-order valence-corrected chi connectivity index (χ3v) is 2.20. The predicted molar refractivity (Wildman–Crippen MR) is 52.1 cm³/mol. The van der Waals surface area contributed by atoms with Crippen molar-refractivity contribution in [2.45, 2.75) is 12.8 Å². The molecular formula is C11H9FO3. The van der Waals surface area contributed by atoms with Crippen LogP contribution in [0.1, 0.15) is 12.0 Å². The molecule has 0 fully saturated rings. The molecule has 1 aromatic carbocycles. The molecule has 1 heterocycles. The van der Waals surface area contributed by atoms with Crippen molar-refractivity contribution in [3.05, 3.63) is 35.8 Å². The normalized spacial score (nSPS) is 10.7. The van der Waals surface area contributed by atoms with Gasteiger partial charge in [-0.3, -0.25) is 4.79 Å². The summed E-state index contributed by atoms with van der Waals surface area (Å²) >= 11 is 0. The van der Waals surface area contributed by atoms with Crippen LogP contribution in [-0.4, -0.2) is 11.1 Å². The van der Waals surface area contributed by atoms with E-state index in [1.54, 1.807) is 6.07 Å². The highest BCUT2D eigenvalue weighted by atomic mass is 19.1. The number of hydrogen-bond donors (Lipinski definition) is 1. The first kappa shape index (κ1) is 9.71. The van der Waals surface area contributed by atoms with Gasteiger partial charge in [0.2, 0.25) is 0 Å². The summed E-state index contributed by atoms with van der Waals surface area (Å²) in [5.41, 5.74) is 1.16. The van der Waals surface area contributed by atoms with E-state index in [2.05, 4.69) is 0 Å². The number of benzene rings is 1. The highest BCUT2D eigenvalue weighted by Crippen LogP contribution is 2.22. The number of furan rings is 1. The van der Waals surface area contributed by atoms with Gasteiger partial charge in [-0.2, -0.15) is 0 Å². The molecule has 0 unspecified atom stereocenters. The van der Waals surface area contributed by atoms with Gasteiger partial charge in [-0.15, -0.1) is 0 Å². The van der Waals surface area contributed by atoms with Crippen LogP contribution in [0.4, 0.5) is 4.39 Å². The van der Waals surface area contributed by atoms with Crippen molar-refractivity contribution in [3.8, 4) is 0 Å². The summed E-state index contributed by atoms with van der Waals surface area (Å²) < 4.78 is 18.3. The number of carbonyl (C=O) groups is 1. The number of aliphatic carboxylic acids is 1. The third-order valence-electron chi connectivity index (χ3n) is 2.20. The molecule has 78 valence electrons. The highest BCUT2D eigenvalue weighted by molar-refractivity contribution is 5.81. The van der Waals surface area contributed by atoms with E-state index in [9.17, 15) is 9.18 Å². The lowest BCUT2D eigenvalue weighted by Crippen LogP contribution is -1.98. The second-order valence-corrected chi connectivity index (χ2v) is 3.30. The fourth-order valence-electron chi connectivity index (χ4n) is 1.54. The molecule has 0 aliphatic heterocycles. The molecule has 15 heavy (non-hydrogen) atoms. The fraction of sp³-hybridized carbons (Fsp3) is 0.182. The van der Waals surface area contributed by atoms with E-state index in [-0.39, 0.29) is 18.7 Å². The average molecular weight is 208 g/mol. The van der Waals surface area contributed by atoms with Crippen molar-refractivity contribution in [3.63, 3.8) is 0 Å². The number of halogens is 1. The van der Waals surface area contributed by atoms with Gasteiger partial charge >= 0.3 is 5.97 Å². The summed E-state index contributed by atoms with van der Waals surface area (Å²) in [5, 5.41) is 9.20. The summed E-state index contributed by atoms with van der Waals surface area (Å²) in [4.78, 5) is 10.4. The molecule has 0 aliphatic rings. The van der Waals surface area contributed by atoms with Crippen LogP contribution in [0.25, 0.3) is 11.0 Å². The maximum atomic E-state index is 13.1. The number of fused-ring (bicyclic) bond motifs is 1. The summed E-state index contributed by atoms with van der Waals surface area (Å²) in [6.07, 6.45) is 1.71. The summed E-state index contributed by atoms with van der Waals surface area (Å²) in [7, 11) is 0. The van der Waals surface area contributed by atoms with Gasteiger partial charge < -0.3 is 9.52 Å². The van der Waals surface area contributed by atoms with Crippen molar-refractivity contribution in [1.82, 2.24) is 0 Å². The second-order valence-electron chi connectivity index (χ2n) is 3.30. The van der Waals surface area contributed by atoms with E-state index in [1.165, 1.54) is 18.4 Å². The van der Waals surface area contributed by atoms with Gasteiger partial charge in [-0.1, -0.05) is 0 Å². The largest absolute Gasteiger partial charge is 0.481 e. The van der Waals surface area contributed by atoms with E-state index in [1.807, 2.05) is 0 Å². The quantitative estimate of drug-likeness (QED) is 0.843. The number of hydrogen-bond acceptors (Lipinski definition) is 2. The number of carboxylic acid groups (broad SMARTS) is 1. The monoisotopic (exact) mass is 208 g/mol. The van der Waals surface area contributed by atoms with Crippen LogP contribution in [0.3, 0.4) is 0 Å². The van der Waals surface area contributed by atoms with Gasteiger partial charge in [-0.05, 0) is 30.2 Å². The van der Waals surface area contributed by atoms with E-state index in [0.717, 1.165) is 0 Å². The summed E-state index contributed by atoms with van der Waals surface area (Å²) in [6.45, 7) is 0. The second kappa shape index (κ2) is 3.73. The molecule has 0 bridgehead atoms. The zero-order chi connectivity index (χ0) is 10.8. The van der Waals surface area contributed by atoms with Gasteiger partial charge in [0.25, 0.3) is 0 Å². The Labute approximate surface area is 85.1 Å². The Bertz CT molecular complexity index is 502. The number of rotatable bonds is 3. The molecule has 0 aliphatic carbocycles. The zero-order valence-corrected chi connectivity index (χ0v) is 7.87. The van der Waals surface area contributed by atoms with Crippen molar-refractivity contribution < 1.29 is 18.7 Å². The molecule has 0 spiro atoms. The predicted octanol–water partition coefficient (Wildman–Crippen LogP) is 2.59. The van der Waals surface area contributed by atoms with Crippen LogP contribution < -0.4 is 0 Å². The smallest absolute Gasteiger partial charge is 0.303 e. The van der Waals surface area contributed by atoms with Gasteiger partial charge in [0, 0.05) is 11.8 Å². The van der Waals surface area contributed by atoms with Crippen LogP contribution >= 0.6 is 0 Å². The van der Waals surface area contributed by atoms with Crippen molar-refractivity contribution in [2.24, 2.45) is 0 Å². The Morgan fingerprint density at radius 2 is 2.27 bits per heavy atom. The zero-order valence-electron chi connectivity index (χ0n) is 7.87. The van der Waals surface area contributed by atoms with Crippen molar-refractivity contribution in [1.29, 1.82) is 0 Å². The molecule has 2 rings (SSSR count). The molecule has 0 saturated heterocycles. The van der Waals surface area contributed by atoms with Gasteiger partial charge in [0.05, 0.1) is 6.26 Å². The Balaban J connectivity index is 2.39. The van der Waals surface area contributed by atoms with E-state index in [4.69, 9.17) is 9.52 Å². The van der Waals surface area contributed by atoms with Crippen LogP contribution in [0.2, 0.25) is 0 Å². The minimum atomic E-state index is -0.904. The van der Waals surface area contributed by atoms with E-state index in [0.29, 0.717) is 16.5 Å². The molecule has 0 amide bonds. The SMILES string of the molecule is O=C(O)CCc1cc(F)cc2ccoc12. The third kappa shape index (κ3) is 1.98. The van der Waals surface area contributed by atoms with Gasteiger partial charge in [0.1, 0.15) is 11.4 Å². The van der Waals surface area contributed by atoms with Crippen LogP contribution in [0, 0.1) is 5.82 Å². The Kier molecular flexibility index (Phi) is 2.41. The van der Waals surface area contributed by atoms with Crippen molar-refractivity contribution in [2.75, 3.05) is 0 Å². The van der Waals surface area contributed by atoms with Crippen LogP contribution in [-0.2, 0) is 11.2 Å². The Hall–Kier alpha value is -1.84. The molecule has 2 aromatic rings. The molecule has 0 radical (unpaired) electrons. The average Bonchev–Trinajstić information content (AvgIpc) is 2.61. The summed E-state index contributed by atoms with van der Waals surface area (Å²) in [6, 6.07) is 4.33. The first-order valence-electron chi connectivity index (χ1n) is 4.54. The summed E-state index contributed by atoms with van der Waals surface area (Å²) in [5.74, 6) is -1.27. The standard InChI is InChI=1S/C11H9FO3/c12-9-5-7(1-2-10(13)14)11-8(6-9)3-4-15-11/h3-6H,1-2H2,(H,13,14). The maximum Gasteiger partial charge on any atom is 0.303 e. The van der Waals surface area contributed by atoms with E-state index >= 15 is 0 Å². The first-order valence-corrected chi connectivity index (χ1v) is 4.54. The molecule has 3 nitrogen and oxygen atoms in total. The minimum Gasteiger partial charge on any atom is -0.481 e. The lowest BCUT2D eigenvalue weighted by atomic mass is 10.1. The Morgan fingerprint density at radius 1 is 1.47 bits per heavy atom. The van der Waals surface area contributed by atoms with E-state index < -0.39 is 5.97 Å². The number of aryl methyl sites for hydroxylation is 1. The number of carboxylic acids is 1. The molecule has 4 heteroatoms. The first-order chi connectivity index (χ1) is 7.16. The Morgan fingerprint density at radius 3 is 3.00 bits per heavy atom. The molecular weight excluding hydrogens is 199 g/mol. The van der Waals surface area contributed by atoms with Crippen LogP contribution in [0.15, 0.2) is 28.9 Å². The van der Waals surface area contributed by atoms with Gasteiger partial charge in [-0.25, -0.2) is 4.39 Å². The van der Waals surface area contributed by atoms with Crippen molar-refractivity contribution >= 4 is 16.9 Å². The molecule has 0 atom stereocenters. The highest BCUT2D eigenvalue weighted by Gasteiger charge is 2.08. The minimum absolute atomic E-state index is 0.0285. The molecule has 0 saturated carbocycles. The molecule has 1 aromatic heterocycles. The maximum absolute atomic E-state index is 13.1. The lowest BCUT2D eigenvalue weighted by molar-refractivity contribution is -0.136. The molecule has 1 N–H and O–H groups in total. The fourth-order valence-corrected chi connectivity index (χ4v) is 1.54.